The lowest BCUT2D eigenvalue weighted by Gasteiger charge is -2.21. The van der Waals surface area contributed by atoms with Crippen molar-refractivity contribution in [2.45, 2.75) is 24.9 Å². The number of alkyl halides is 3. The first-order valence-corrected chi connectivity index (χ1v) is 8.54. The van der Waals surface area contributed by atoms with E-state index in [9.17, 15) is 22.8 Å². The van der Waals surface area contributed by atoms with Crippen LogP contribution in [0, 0.1) is 0 Å². The van der Waals surface area contributed by atoms with E-state index < -0.39 is 23.2 Å². The molecule has 2 amide bonds. The summed E-state index contributed by atoms with van der Waals surface area (Å²) in [6, 6.07) is 6.30. The summed E-state index contributed by atoms with van der Waals surface area (Å²) >= 11 is -0.383. The number of amides is 2. The van der Waals surface area contributed by atoms with Crippen LogP contribution in [0.5, 0.6) is 5.75 Å². The minimum Gasteiger partial charge on any atom is -0.483 e. The molecule has 0 saturated heterocycles. The van der Waals surface area contributed by atoms with Gasteiger partial charge >= 0.3 is 5.51 Å². The molecule has 5 nitrogen and oxygen atoms in total. The third-order valence-electron chi connectivity index (χ3n) is 3.25. The van der Waals surface area contributed by atoms with Crippen molar-refractivity contribution in [3.63, 3.8) is 0 Å². The van der Waals surface area contributed by atoms with Gasteiger partial charge in [-0.1, -0.05) is 25.1 Å². The Morgan fingerprint density at radius 2 is 1.92 bits per heavy atom. The molecular formula is C16H21F3N2O3S. The summed E-state index contributed by atoms with van der Waals surface area (Å²) in [7, 11) is 3.20. The summed E-state index contributed by atoms with van der Waals surface area (Å²) in [5.74, 6) is -1.24. The number of likely N-dealkylation sites (N-methyl/N-ethyl adjacent to an activating group) is 1. The second-order valence-corrected chi connectivity index (χ2v) is 6.42. The number of hydrogen-bond acceptors (Lipinski definition) is 4. The van der Waals surface area contributed by atoms with Crippen LogP contribution in [-0.2, 0) is 9.59 Å². The van der Waals surface area contributed by atoms with E-state index >= 15 is 0 Å². The number of halogens is 3. The van der Waals surface area contributed by atoms with E-state index in [-0.39, 0.29) is 24.3 Å². The van der Waals surface area contributed by atoms with Crippen LogP contribution in [0.3, 0.4) is 0 Å². The van der Waals surface area contributed by atoms with Crippen molar-refractivity contribution >= 4 is 23.6 Å². The summed E-state index contributed by atoms with van der Waals surface area (Å²) in [6.07, 6.45) is 0.463. The number of benzene rings is 1. The highest BCUT2D eigenvalue weighted by atomic mass is 32.2. The van der Waals surface area contributed by atoms with Gasteiger partial charge in [0.2, 0.25) is 5.91 Å². The lowest BCUT2D eigenvalue weighted by atomic mass is 10.0. The first kappa shape index (κ1) is 21.1. The molecule has 0 radical (unpaired) electrons. The highest BCUT2D eigenvalue weighted by Gasteiger charge is 2.29. The van der Waals surface area contributed by atoms with Crippen LogP contribution in [0.1, 0.15) is 24.9 Å². The molecule has 1 unspecified atom stereocenters. The quantitative estimate of drug-likeness (QED) is 0.756. The number of rotatable bonds is 8. The van der Waals surface area contributed by atoms with Crippen LogP contribution >= 0.6 is 11.8 Å². The SMILES string of the molecule is CCC(NC(=O)CSC(F)(F)F)c1ccccc1OCC(=O)N(C)C. The normalized spacial score (nSPS) is 12.4. The number of nitrogens with one attached hydrogen (secondary N) is 1. The average molecular weight is 378 g/mol. The zero-order chi connectivity index (χ0) is 19.0. The summed E-state index contributed by atoms with van der Waals surface area (Å²) in [6.45, 7) is 1.63. The lowest BCUT2D eigenvalue weighted by molar-refractivity contribution is -0.130. The maximum atomic E-state index is 12.2. The van der Waals surface area contributed by atoms with Gasteiger partial charge in [-0.15, -0.1) is 0 Å². The summed E-state index contributed by atoms with van der Waals surface area (Å²) in [4.78, 5) is 24.8. The molecule has 0 bridgehead atoms. The predicted octanol–water partition coefficient (Wildman–Crippen LogP) is 2.97. The molecule has 9 heteroatoms. The van der Waals surface area contributed by atoms with E-state index in [0.717, 1.165) is 0 Å². The molecule has 1 rings (SSSR count). The fraction of sp³-hybridized carbons (Fsp3) is 0.500. The van der Waals surface area contributed by atoms with Gasteiger partial charge in [0.1, 0.15) is 5.75 Å². The Morgan fingerprint density at radius 3 is 2.48 bits per heavy atom. The second kappa shape index (κ2) is 9.55. The summed E-state index contributed by atoms with van der Waals surface area (Å²) in [5, 5.41) is 2.57. The Morgan fingerprint density at radius 1 is 1.28 bits per heavy atom. The van der Waals surface area contributed by atoms with E-state index in [2.05, 4.69) is 5.32 Å². The number of para-hydroxylation sites is 1. The molecule has 0 saturated carbocycles. The van der Waals surface area contributed by atoms with Crippen LogP contribution in [0.2, 0.25) is 0 Å². The van der Waals surface area contributed by atoms with Crippen molar-refractivity contribution in [2.75, 3.05) is 26.5 Å². The first-order valence-electron chi connectivity index (χ1n) is 7.56. The van der Waals surface area contributed by atoms with Gasteiger partial charge in [-0.3, -0.25) is 9.59 Å². The maximum absolute atomic E-state index is 12.2. The van der Waals surface area contributed by atoms with Crippen LogP contribution in [0.25, 0.3) is 0 Å². The Labute approximate surface area is 148 Å². The summed E-state index contributed by atoms with van der Waals surface area (Å²) < 4.78 is 42.1. The molecule has 1 aromatic rings. The van der Waals surface area contributed by atoms with Crippen LogP contribution in [0.15, 0.2) is 24.3 Å². The van der Waals surface area contributed by atoms with Crippen molar-refractivity contribution in [3.8, 4) is 5.75 Å². The van der Waals surface area contributed by atoms with E-state index in [4.69, 9.17) is 4.74 Å². The van der Waals surface area contributed by atoms with Gasteiger partial charge in [0.25, 0.3) is 5.91 Å². The molecule has 0 aromatic heterocycles. The van der Waals surface area contributed by atoms with Gasteiger partial charge in [0.15, 0.2) is 6.61 Å². The van der Waals surface area contributed by atoms with Crippen molar-refractivity contribution in [3.05, 3.63) is 29.8 Å². The molecule has 1 aromatic carbocycles. The molecule has 25 heavy (non-hydrogen) atoms. The van der Waals surface area contributed by atoms with E-state index in [1.807, 2.05) is 0 Å². The molecule has 0 heterocycles. The second-order valence-electron chi connectivity index (χ2n) is 5.38. The largest absolute Gasteiger partial charge is 0.483 e. The van der Waals surface area contributed by atoms with Crippen molar-refractivity contribution < 1.29 is 27.5 Å². The van der Waals surface area contributed by atoms with Crippen molar-refractivity contribution in [1.29, 1.82) is 0 Å². The fourth-order valence-corrected chi connectivity index (χ4v) is 2.33. The molecule has 0 spiro atoms. The first-order chi connectivity index (χ1) is 11.6. The molecular weight excluding hydrogens is 357 g/mol. The number of thioether (sulfide) groups is 1. The molecule has 1 atom stereocenters. The summed E-state index contributed by atoms with van der Waals surface area (Å²) in [5.41, 5.74) is -3.84. The standard InChI is InChI=1S/C16H21F3N2O3S/c1-4-12(20-14(22)10-25-16(17,18)19)11-7-5-6-8-13(11)24-9-15(23)21(2)3/h5-8,12H,4,9-10H2,1-3H3,(H,20,22). The number of nitrogens with zero attached hydrogens (tertiary/aromatic N) is 1. The molecule has 1 N–H and O–H groups in total. The number of carbonyl (C=O) groups excluding carboxylic acids is 2. The smallest absolute Gasteiger partial charge is 0.442 e. The highest BCUT2D eigenvalue weighted by Crippen LogP contribution is 2.31. The minimum absolute atomic E-state index is 0.168. The van der Waals surface area contributed by atoms with Gasteiger partial charge in [-0.25, -0.2) is 0 Å². The van der Waals surface area contributed by atoms with Gasteiger partial charge in [-0.2, -0.15) is 13.2 Å². The zero-order valence-corrected chi connectivity index (χ0v) is 15.0. The molecule has 140 valence electrons. The third kappa shape index (κ3) is 7.68. The molecule has 0 aliphatic rings. The highest BCUT2D eigenvalue weighted by molar-refractivity contribution is 8.00. The Hall–Kier alpha value is -1.90. The molecule has 0 aliphatic carbocycles. The monoisotopic (exact) mass is 378 g/mol. The maximum Gasteiger partial charge on any atom is 0.442 e. The van der Waals surface area contributed by atoms with Crippen molar-refractivity contribution in [1.82, 2.24) is 10.2 Å². The van der Waals surface area contributed by atoms with Gasteiger partial charge in [0.05, 0.1) is 11.8 Å². The number of hydrogen-bond donors (Lipinski definition) is 1. The third-order valence-corrected chi connectivity index (χ3v) is 3.99. The van der Waals surface area contributed by atoms with E-state index in [1.54, 1.807) is 45.3 Å². The van der Waals surface area contributed by atoms with Crippen LogP contribution in [-0.4, -0.2) is 48.7 Å². The van der Waals surface area contributed by atoms with E-state index in [0.29, 0.717) is 17.7 Å². The number of ether oxygens (including phenoxy) is 1. The van der Waals surface area contributed by atoms with E-state index in [1.165, 1.54) is 4.90 Å². The predicted molar refractivity (Wildman–Crippen MR) is 90.3 cm³/mol. The topological polar surface area (TPSA) is 58.6 Å². The van der Waals surface area contributed by atoms with Gasteiger partial charge < -0.3 is 15.0 Å². The minimum atomic E-state index is -4.45. The average Bonchev–Trinajstić information content (AvgIpc) is 2.55. The van der Waals surface area contributed by atoms with Crippen molar-refractivity contribution in [2.24, 2.45) is 0 Å². The van der Waals surface area contributed by atoms with Gasteiger partial charge in [0, 0.05) is 19.7 Å². The fourth-order valence-electron chi connectivity index (χ4n) is 1.95. The molecule has 0 aliphatic heterocycles. The number of carbonyl (C=O) groups is 2. The lowest BCUT2D eigenvalue weighted by Crippen LogP contribution is -2.31. The Bertz CT molecular complexity index is 594. The zero-order valence-electron chi connectivity index (χ0n) is 14.2. The Kier molecular flexibility index (Phi) is 8.08. The Balaban J connectivity index is 2.78. The van der Waals surface area contributed by atoms with Crippen LogP contribution < -0.4 is 10.1 Å². The van der Waals surface area contributed by atoms with Crippen LogP contribution in [0.4, 0.5) is 13.2 Å². The van der Waals surface area contributed by atoms with Gasteiger partial charge in [-0.05, 0) is 24.2 Å². The molecule has 0 fully saturated rings.